The highest BCUT2D eigenvalue weighted by molar-refractivity contribution is 5.89. The van der Waals surface area contributed by atoms with Crippen LogP contribution in [-0.2, 0) is 11.2 Å². The Morgan fingerprint density at radius 3 is 2.42 bits per heavy atom. The van der Waals surface area contributed by atoms with Gasteiger partial charge in [-0.25, -0.2) is 9.18 Å². The number of halogens is 1. The number of hydrogen-bond acceptors (Lipinski definition) is 4. The zero-order valence-electron chi connectivity index (χ0n) is 15.0. The lowest BCUT2D eigenvalue weighted by Crippen LogP contribution is -2.45. The summed E-state index contributed by atoms with van der Waals surface area (Å²) in [6, 6.07) is 13.9. The number of carbonyl (C=O) groups excluding carboxylic acids is 1. The second-order valence-corrected chi connectivity index (χ2v) is 6.75. The molecule has 0 bridgehead atoms. The van der Waals surface area contributed by atoms with Crippen molar-refractivity contribution in [1.82, 2.24) is 0 Å². The second-order valence-electron chi connectivity index (χ2n) is 6.75. The highest BCUT2D eigenvalue weighted by Gasteiger charge is 2.33. The van der Waals surface area contributed by atoms with Crippen LogP contribution in [0.2, 0.25) is 0 Å². The molecule has 0 amide bonds. The predicted molar refractivity (Wildman–Crippen MR) is 98.9 cm³/mol. The van der Waals surface area contributed by atoms with E-state index < -0.39 is 5.60 Å². The van der Waals surface area contributed by atoms with Crippen molar-refractivity contribution in [2.75, 3.05) is 24.6 Å². The number of benzene rings is 2. The number of ether oxygens (including phenoxy) is 1. The first-order valence-corrected chi connectivity index (χ1v) is 8.99. The Morgan fingerprint density at radius 1 is 1.15 bits per heavy atom. The smallest absolute Gasteiger partial charge is 0.338 e. The summed E-state index contributed by atoms with van der Waals surface area (Å²) in [6.07, 6.45) is 1.47. The molecule has 138 valence electrons. The van der Waals surface area contributed by atoms with Crippen molar-refractivity contribution in [2.24, 2.45) is 0 Å². The third kappa shape index (κ3) is 4.22. The van der Waals surface area contributed by atoms with E-state index in [4.69, 9.17) is 4.74 Å². The number of aliphatic hydroxyl groups is 1. The van der Waals surface area contributed by atoms with Gasteiger partial charge in [0.2, 0.25) is 0 Å². The first-order valence-electron chi connectivity index (χ1n) is 8.99. The van der Waals surface area contributed by atoms with Crippen molar-refractivity contribution >= 4 is 11.7 Å². The average Bonchev–Trinajstić information content (AvgIpc) is 2.65. The van der Waals surface area contributed by atoms with Gasteiger partial charge in [-0.3, -0.25) is 0 Å². The van der Waals surface area contributed by atoms with Crippen LogP contribution in [0.4, 0.5) is 10.1 Å². The van der Waals surface area contributed by atoms with Crippen molar-refractivity contribution in [3.8, 4) is 0 Å². The van der Waals surface area contributed by atoms with E-state index in [0.717, 1.165) is 5.69 Å². The summed E-state index contributed by atoms with van der Waals surface area (Å²) in [5.41, 5.74) is 1.21. The lowest BCUT2D eigenvalue weighted by atomic mass is 9.85. The third-order valence-corrected chi connectivity index (χ3v) is 4.92. The van der Waals surface area contributed by atoms with E-state index in [1.54, 1.807) is 37.3 Å². The largest absolute Gasteiger partial charge is 0.462 e. The minimum Gasteiger partial charge on any atom is -0.462 e. The van der Waals surface area contributed by atoms with Gasteiger partial charge >= 0.3 is 5.97 Å². The molecule has 26 heavy (non-hydrogen) atoms. The van der Waals surface area contributed by atoms with Crippen molar-refractivity contribution in [3.63, 3.8) is 0 Å². The van der Waals surface area contributed by atoms with Gasteiger partial charge in [-0.1, -0.05) is 18.2 Å². The maximum absolute atomic E-state index is 13.9. The van der Waals surface area contributed by atoms with E-state index >= 15 is 0 Å². The first kappa shape index (κ1) is 18.4. The van der Waals surface area contributed by atoms with Crippen LogP contribution >= 0.6 is 0 Å². The molecular weight excluding hydrogens is 333 g/mol. The summed E-state index contributed by atoms with van der Waals surface area (Å²) in [4.78, 5) is 13.9. The monoisotopic (exact) mass is 357 g/mol. The van der Waals surface area contributed by atoms with Gasteiger partial charge < -0.3 is 14.7 Å². The molecule has 1 saturated heterocycles. The normalized spacial score (nSPS) is 16.3. The Morgan fingerprint density at radius 2 is 1.81 bits per heavy atom. The molecule has 1 aliphatic rings. The summed E-state index contributed by atoms with van der Waals surface area (Å²) in [7, 11) is 0. The molecule has 2 aromatic carbocycles. The molecule has 4 nitrogen and oxygen atoms in total. The second kappa shape index (κ2) is 7.87. The van der Waals surface area contributed by atoms with Crippen molar-refractivity contribution in [2.45, 2.75) is 31.8 Å². The maximum atomic E-state index is 13.9. The molecule has 2 aromatic rings. The van der Waals surface area contributed by atoms with E-state index in [9.17, 15) is 14.3 Å². The van der Waals surface area contributed by atoms with Crippen LogP contribution in [-0.4, -0.2) is 36.4 Å². The van der Waals surface area contributed by atoms with Gasteiger partial charge in [-0.2, -0.15) is 0 Å². The molecule has 0 radical (unpaired) electrons. The Kier molecular flexibility index (Phi) is 5.57. The lowest BCUT2D eigenvalue weighted by molar-refractivity contribution is 0.0158. The Balaban J connectivity index is 1.61. The Hall–Kier alpha value is -2.40. The van der Waals surface area contributed by atoms with E-state index in [1.165, 1.54) is 6.07 Å². The molecule has 0 unspecified atom stereocenters. The molecule has 0 aromatic heterocycles. The zero-order chi connectivity index (χ0) is 18.6. The standard InChI is InChI=1S/C21H24FNO3/c1-2-26-20(24)16-7-9-18(10-8-16)23-13-11-21(25,12-14-23)15-17-5-3-4-6-19(17)22/h3-10,25H,2,11-15H2,1H3. The van der Waals surface area contributed by atoms with E-state index in [-0.39, 0.29) is 11.8 Å². The molecular formula is C21H24FNO3. The lowest BCUT2D eigenvalue weighted by Gasteiger charge is -2.39. The fraction of sp³-hybridized carbons (Fsp3) is 0.381. The van der Waals surface area contributed by atoms with Crippen LogP contribution < -0.4 is 4.90 Å². The molecule has 5 heteroatoms. The van der Waals surface area contributed by atoms with Crippen LogP contribution in [0.3, 0.4) is 0 Å². The minimum atomic E-state index is -0.885. The molecule has 0 saturated carbocycles. The van der Waals surface area contributed by atoms with E-state index in [0.29, 0.717) is 50.1 Å². The first-order chi connectivity index (χ1) is 12.5. The van der Waals surface area contributed by atoms with E-state index in [1.807, 2.05) is 12.1 Å². The highest BCUT2D eigenvalue weighted by atomic mass is 19.1. The summed E-state index contributed by atoms with van der Waals surface area (Å²) in [5.74, 6) is -0.588. The Labute approximate surface area is 153 Å². The number of anilines is 1. The SMILES string of the molecule is CCOC(=O)c1ccc(N2CCC(O)(Cc3ccccc3F)CC2)cc1. The topological polar surface area (TPSA) is 49.8 Å². The van der Waals surface area contributed by atoms with Gasteiger partial charge in [0.15, 0.2) is 0 Å². The molecule has 1 aliphatic heterocycles. The average molecular weight is 357 g/mol. The van der Waals surface area contributed by atoms with Crippen molar-refractivity contribution in [3.05, 3.63) is 65.5 Å². The van der Waals surface area contributed by atoms with Crippen molar-refractivity contribution in [1.29, 1.82) is 0 Å². The fourth-order valence-corrected chi connectivity index (χ4v) is 3.38. The molecule has 0 aliphatic carbocycles. The number of hydrogen-bond donors (Lipinski definition) is 1. The highest BCUT2D eigenvalue weighted by Crippen LogP contribution is 2.30. The maximum Gasteiger partial charge on any atom is 0.338 e. The number of nitrogens with zero attached hydrogens (tertiary/aromatic N) is 1. The summed E-state index contributed by atoms with van der Waals surface area (Å²) in [5, 5.41) is 10.8. The van der Waals surface area contributed by atoms with Gasteiger partial charge in [-0.15, -0.1) is 0 Å². The molecule has 1 fully saturated rings. The zero-order valence-corrected chi connectivity index (χ0v) is 15.0. The van der Waals surface area contributed by atoms with Gasteiger partial charge in [0.05, 0.1) is 17.8 Å². The number of esters is 1. The molecule has 0 spiro atoms. The van der Waals surface area contributed by atoms with Crippen LogP contribution in [0.5, 0.6) is 0 Å². The van der Waals surface area contributed by atoms with Crippen LogP contribution in [0.25, 0.3) is 0 Å². The van der Waals surface area contributed by atoms with Gasteiger partial charge in [0.25, 0.3) is 0 Å². The Bertz CT molecular complexity index is 752. The molecule has 0 atom stereocenters. The molecule has 3 rings (SSSR count). The van der Waals surface area contributed by atoms with Gasteiger partial charge in [0, 0.05) is 25.2 Å². The summed E-state index contributed by atoms with van der Waals surface area (Å²) in [6.45, 7) is 3.50. The fourth-order valence-electron chi connectivity index (χ4n) is 3.38. The summed E-state index contributed by atoms with van der Waals surface area (Å²) < 4.78 is 18.8. The van der Waals surface area contributed by atoms with Gasteiger partial charge in [0.1, 0.15) is 5.82 Å². The quantitative estimate of drug-likeness (QED) is 0.831. The molecule has 1 N–H and O–H groups in total. The number of carbonyl (C=O) groups is 1. The minimum absolute atomic E-state index is 0.266. The van der Waals surface area contributed by atoms with Gasteiger partial charge in [-0.05, 0) is 55.7 Å². The predicted octanol–water partition coefficient (Wildman–Crippen LogP) is 3.58. The van der Waals surface area contributed by atoms with Crippen LogP contribution in [0.15, 0.2) is 48.5 Å². The summed E-state index contributed by atoms with van der Waals surface area (Å²) >= 11 is 0. The van der Waals surface area contributed by atoms with E-state index in [2.05, 4.69) is 4.90 Å². The molecule has 1 heterocycles. The third-order valence-electron chi connectivity index (χ3n) is 4.92. The van der Waals surface area contributed by atoms with Crippen LogP contribution in [0, 0.1) is 5.82 Å². The van der Waals surface area contributed by atoms with Crippen molar-refractivity contribution < 1.29 is 19.0 Å². The van der Waals surface area contributed by atoms with Crippen LogP contribution in [0.1, 0.15) is 35.7 Å². The number of piperidine rings is 1. The number of rotatable bonds is 5.